The molecule has 3 rings (SSSR count). The summed E-state index contributed by atoms with van der Waals surface area (Å²) in [5.41, 5.74) is 1.25. The van der Waals surface area contributed by atoms with Gasteiger partial charge in [0.25, 0.3) is 0 Å². The molecule has 0 radical (unpaired) electrons. The average molecular weight is 281 g/mol. The number of thiazole rings is 1. The Morgan fingerprint density at radius 1 is 1.28 bits per heavy atom. The summed E-state index contributed by atoms with van der Waals surface area (Å²) in [5.74, 6) is 0.706. The molecule has 0 aliphatic heterocycles. The van der Waals surface area contributed by atoms with Crippen LogP contribution in [0.25, 0.3) is 10.2 Å². The van der Waals surface area contributed by atoms with Crippen LogP contribution in [-0.2, 0) is 6.54 Å². The normalized spacial score (nSPS) is 18.5. The number of fused-ring (bicyclic) bond motifs is 1. The molecular formula is C14H17ClN2S. The van der Waals surface area contributed by atoms with Gasteiger partial charge in [-0.1, -0.05) is 25.0 Å². The highest BCUT2D eigenvalue weighted by Crippen LogP contribution is 2.31. The second-order valence-electron chi connectivity index (χ2n) is 5.05. The Balaban J connectivity index is 1.72. The summed E-state index contributed by atoms with van der Waals surface area (Å²) in [7, 11) is 0. The minimum Gasteiger partial charge on any atom is -0.304 e. The minimum atomic E-state index is 0.152. The van der Waals surface area contributed by atoms with Crippen molar-refractivity contribution in [3.63, 3.8) is 0 Å². The first-order valence-electron chi connectivity index (χ1n) is 6.47. The highest BCUT2D eigenvalue weighted by Gasteiger charge is 2.32. The summed E-state index contributed by atoms with van der Waals surface area (Å²) in [6.07, 6.45) is 4.97. The number of nitrogens with one attached hydrogen (secondary N) is 1. The summed E-state index contributed by atoms with van der Waals surface area (Å²) in [6.45, 7) is 0.839. The molecule has 1 aliphatic carbocycles. The van der Waals surface area contributed by atoms with E-state index in [4.69, 9.17) is 11.6 Å². The van der Waals surface area contributed by atoms with E-state index in [2.05, 4.69) is 28.5 Å². The Bertz CT molecular complexity index is 498. The molecule has 1 N–H and O–H groups in total. The molecule has 0 unspecified atom stereocenters. The minimum absolute atomic E-state index is 0.152. The lowest BCUT2D eigenvalue weighted by molar-refractivity contribution is 0.367. The van der Waals surface area contributed by atoms with Gasteiger partial charge >= 0.3 is 0 Å². The summed E-state index contributed by atoms with van der Waals surface area (Å²) in [6, 6.07) is 8.30. The second-order valence-corrected chi connectivity index (χ2v) is 6.43. The third kappa shape index (κ3) is 2.40. The van der Waals surface area contributed by atoms with Crippen LogP contribution in [0.5, 0.6) is 0 Å². The van der Waals surface area contributed by atoms with Gasteiger partial charge in [0.05, 0.1) is 10.2 Å². The predicted octanol–water partition coefficient (Wildman–Crippen LogP) is 3.94. The molecule has 2 aromatic rings. The molecule has 96 valence electrons. The fourth-order valence-electron chi connectivity index (χ4n) is 2.67. The van der Waals surface area contributed by atoms with Crippen LogP contribution in [0.15, 0.2) is 24.3 Å². The van der Waals surface area contributed by atoms with Crippen molar-refractivity contribution in [2.24, 2.45) is 0 Å². The topological polar surface area (TPSA) is 24.9 Å². The van der Waals surface area contributed by atoms with Gasteiger partial charge in [0.2, 0.25) is 0 Å². The lowest BCUT2D eigenvalue weighted by atomic mass is 10.0. The van der Waals surface area contributed by atoms with Crippen LogP contribution in [0, 0.1) is 0 Å². The average Bonchev–Trinajstić information content (AvgIpc) is 3.03. The van der Waals surface area contributed by atoms with Crippen molar-refractivity contribution in [1.29, 1.82) is 0 Å². The van der Waals surface area contributed by atoms with E-state index >= 15 is 0 Å². The zero-order valence-electron chi connectivity index (χ0n) is 10.3. The molecule has 1 saturated carbocycles. The first kappa shape index (κ1) is 12.4. The van der Waals surface area contributed by atoms with Crippen LogP contribution in [-0.4, -0.2) is 16.4 Å². The molecule has 1 heterocycles. The van der Waals surface area contributed by atoms with Gasteiger partial charge in [-0.3, -0.25) is 0 Å². The number of nitrogens with zero attached hydrogens (tertiary/aromatic N) is 1. The van der Waals surface area contributed by atoms with Crippen LogP contribution in [0.2, 0.25) is 0 Å². The highest BCUT2D eigenvalue weighted by atomic mass is 35.5. The number of aromatic nitrogens is 1. The number of hydrogen-bond acceptors (Lipinski definition) is 3. The zero-order chi connectivity index (χ0) is 12.4. The van der Waals surface area contributed by atoms with Gasteiger partial charge in [-0.25, -0.2) is 4.98 Å². The van der Waals surface area contributed by atoms with E-state index in [0.717, 1.165) is 17.1 Å². The SMILES string of the molecule is ClCC1(NCc2nc3ccccc3s2)CCCC1. The summed E-state index contributed by atoms with van der Waals surface area (Å²) in [5, 5.41) is 4.80. The van der Waals surface area contributed by atoms with Gasteiger partial charge in [0, 0.05) is 18.0 Å². The fourth-order valence-corrected chi connectivity index (χ4v) is 3.94. The number of benzene rings is 1. The second kappa shape index (κ2) is 5.16. The molecule has 18 heavy (non-hydrogen) atoms. The Hall–Kier alpha value is -0.640. The van der Waals surface area contributed by atoms with Gasteiger partial charge < -0.3 is 5.32 Å². The molecule has 0 spiro atoms. The van der Waals surface area contributed by atoms with E-state index in [0.29, 0.717) is 5.88 Å². The molecule has 1 aromatic carbocycles. The lowest BCUT2D eigenvalue weighted by Gasteiger charge is -2.27. The molecule has 1 aliphatic rings. The van der Waals surface area contributed by atoms with Crippen LogP contribution < -0.4 is 5.32 Å². The number of alkyl halides is 1. The highest BCUT2D eigenvalue weighted by molar-refractivity contribution is 7.18. The van der Waals surface area contributed by atoms with E-state index in [1.807, 2.05) is 6.07 Å². The van der Waals surface area contributed by atoms with Crippen LogP contribution in [0.4, 0.5) is 0 Å². The molecule has 0 amide bonds. The fraction of sp³-hybridized carbons (Fsp3) is 0.500. The first-order valence-corrected chi connectivity index (χ1v) is 7.82. The van der Waals surface area contributed by atoms with E-state index in [-0.39, 0.29) is 5.54 Å². The molecule has 0 bridgehead atoms. The monoisotopic (exact) mass is 280 g/mol. The van der Waals surface area contributed by atoms with Crippen LogP contribution in [0.3, 0.4) is 0 Å². The van der Waals surface area contributed by atoms with Gasteiger partial charge in [-0.05, 0) is 25.0 Å². The number of para-hydroxylation sites is 1. The van der Waals surface area contributed by atoms with Crippen molar-refractivity contribution < 1.29 is 0 Å². The quantitative estimate of drug-likeness (QED) is 0.858. The third-order valence-electron chi connectivity index (χ3n) is 3.77. The van der Waals surface area contributed by atoms with Crippen molar-refractivity contribution >= 4 is 33.2 Å². The van der Waals surface area contributed by atoms with Crippen LogP contribution >= 0.6 is 22.9 Å². The Morgan fingerprint density at radius 2 is 2.06 bits per heavy atom. The standard InChI is InChI=1S/C14H17ClN2S/c15-10-14(7-3-4-8-14)16-9-13-17-11-5-1-2-6-12(11)18-13/h1-2,5-6,16H,3-4,7-10H2. The number of halogens is 1. The van der Waals surface area contributed by atoms with Crippen LogP contribution in [0.1, 0.15) is 30.7 Å². The van der Waals surface area contributed by atoms with E-state index in [9.17, 15) is 0 Å². The number of hydrogen-bond donors (Lipinski definition) is 1. The predicted molar refractivity (Wildman–Crippen MR) is 78.4 cm³/mol. The zero-order valence-corrected chi connectivity index (χ0v) is 11.9. The van der Waals surface area contributed by atoms with E-state index < -0.39 is 0 Å². The molecule has 2 nitrogen and oxygen atoms in total. The number of rotatable bonds is 4. The van der Waals surface area contributed by atoms with Gasteiger partial charge in [-0.2, -0.15) is 0 Å². The third-order valence-corrected chi connectivity index (χ3v) is 5.32. The maximum absolute atomic E-state index is 6.13. The van der Waals surface area contributed by atoms with Crippen molar-refractivity contribution in [3.8, 4) is 0 Å². The Kier molecular flexibility index (Phi) is 3.55. The van der Waals surface area contributed by atoms with E-state index in [1.54, 1.807) is 11.3 Å². The van der Waals surface area contributed by atoms with Crippen molar-refractivity contribution in [2.45, 2.75) is 37.8 Å². The summed E-state index contributed by atoms with van der Waals surface area (Å²) < 4.78 is 1.26. The molecule has 1 aromatic heterocycles. The van der Waals surface area contributed by atoms with Gasteiger partial charge in [-0.15, -0.1) is 22.9 Å². The van der Waals surface area contributed by atoms with Crippen molar-refractivity contribution in [3.05, 3.63) is 29.3 Å². The van der Waals surface area contributed by atoms with Crippen molar-refractivity contribution in [2.75, 3.05) is 5.88 Å². The van der Waals surface area contributed by atoms with E-state index in [1.165, 1.54) is 30.4 Å². The molecule has 4 heteroatoms. The summed E-state index contributed by atoms with van der Waals surface area (Å²) in [4.78, 5) is 4.65. The largest absolute Gasteiger partial charge is 0.304 e. The van der Waals surface area contributed by atoms with Crippen molar-refractivity contribution in [1.82, 2.24) is 10.3 Å². The molecule has 1 fully saturated rings. The molecule has 0 atom stereocenters. The smallest absolute Gasteiger partial charge is 0.108 e. The maximum atomic E-state index is 6.13. The first-order chi connectivity index (χ1) is 8.81. The maximum Gasteiger partial charge on any atom is 0.108 e. The Morgan fingerprint density at radius 3 is 2.78 bits per heavy atom. The van der Waals surface area contributed by atoms with Gasteiger partial charge in [0.15, 0.2) is 0 Å². The molecule has 0 saturated heterocycles. The molecular weight excluding hydrogens is 264 g/mol. The summed E-state index contributed by atoms with van der Waals surface area (Å²) >= 11 is 7.90. The Labute approximate surface area is 116 Å². The van der Waals surface area contributed by atoms with Gasteiger partial charge in [0.1, 0.15) is 5.01 Å². The lowest BCUT2D eigenvalue weighted by Crippen LogP contribution is -2.43.